The SMILES string of the molecule is COc1cc2ccccc2cc1C(=O)OCCCC(=O)c1ccc(F)cc1. The third-order valence-corrected chi connectivity index (χ3v) is 4.24. The predicted octanol–water partition coefficient (Wildman–Crippen LogP) is 4.81. The minimum absolute atomic E-state index is 0.113. The highest BCUT2D eigenvalue weighted by molar-refractivity contribution is 5.99. The number of hydrogen-bond donors (Lipinski definition) is 0. The molecule has 138 valence electrons. The van der Waals surface area contributed by atoms with Crippen LogP contribution in [0.2, 0.25) is 0 Å². The maximum atomic E-state index is 12.9. The van der Waals surface area contributed by atoms with Crippen molar-refractivity contribution >= 4 is 22.5 Å². The molecule has 0 fully saturated rings. The molecule has 0 spiro atoms. The summed E-state index contributed by atoms with van der Waals surface area (Å²) < 4.78 is 23.5. The lowest BCUT2D eigenvalue weighted by atomic mass is 10.1. The summed E-state index contributed by atoms with van der Waals surface area (Å²) in [4.78, 5) is 24.4. The third kappa shape index (κ3) is 4.50. The second-order valence-corrected chi connectivity index (χ2v) is 6.07. The van der Waals surface area contributed by atoms with E-state index < -0.39 is 5.97 Å². The molecule has 0 aliphatic rings. The van der Waals surface area contributed by atoms with Gasteiger partial charge in [0.25, 0.3) is 0 Å². The van der Waals surface area contributed by atoms with E-state index in [0.29, 0.717) is 23.3 Å². The minimum Gasteiger partial charge on any atom is -0.496 e. The van der Waals surface area contributed by atoms with Crippen molar-refractivity contribution < 1.29 is 23.5 Å². The summed E-state index contributed by atoms with van der Waals surface area (Å²) in [5, 5.41) is 1.88. The number of methoxy groups -OCH3 is 1. The second kappa shape index (κ2) is 8.45. The lowest BCUT2D eigenvalue weighted by Gasteiger charge is -2.10. The van der Waals surface area contributed by atoms with Crippen LogP contribution in [-0.4, -0.2) is 25.5 Å². The molecule has 3 rings (SSSR count). The summed E-state index contributed by atoms with van der Waals surface area (Å²) in [6.07, 6.45) is 0.603. The molecule has 0 aliphatic heterocycles. The van der Waals surface area contributed by atoms with E-state index in [9.17, 15) is 14.0 Å². The number of carbonyl (C=O) groups is 2. The maximum absolute atomic E-state index is 12.9. The fraction of sp³-hybridized carbons (Fsp3) is 0.182. The monoisotopic (exact) mass is 366 g/mol. The van der Waals surface area contributed by atoms with Crippen molar-refractivity contribution in [3.63, 3.8) is 0 Å². The molecule has 3 aromatic carbocycles. The Morgan fingerprint density at radius 3 is 2.30 bits per heavy atom. The topological polar surface area (TPSA) is 52.6 Å². The molecule has 0 N–H and O–H groups in total. The molecule has 0 bridgehead atoms. The lowest BCUT2D eigenvalue weighted by molar-refractivity contribution is 0.0491. The Morgan fingerprint density at radius 1 is 0.963 bits per heavy atom. The van der Waals surface area contributed by atoms with Crippen molar-refractivity contribution in [2.45, 2.75) is 12.8 Å². The van der Waals surface area contributed by atoms with Crippen LogP contribution in [0.3, 0.4) is 0 Å². The molecule has 4 nitrogen and oxygen atoms in total. The fourth-order valence-electron chi connectivity index (χ4n) is 2.80. The first-order chi connectivity index (χ1) is 13.1. The van der Waals surface area contributed by atoms with Crippen LogP contribution in [0.15, 0.2) is 60.7 Å². The highest BCUT2D eigenvalue weighted by atomic mass is 19.1. The Kier molecular flexibility index (Phi) is 5.81. The Balaban J connectivity index is 1.58. The minimum atomic E-state index is -0.494. The zero-order valence-electron chi connectivity index (χ0n) is 14.9. The van der Waals surface area contributed by atoms with Gasteiger partial charge in [0.1, 0.15) is 17.1 Å². The van der Waals surface area contributed by atoms with Gasteiger partial charge in [0.05, 0.1) is 13.7 Å². The van der Waals surface area contributed by atoms with Crippen molar-refractivity contribution in [1.29, 1.82) is 0 Å². The smallest absolute Gasteiger partial charge is 0.341 e. The van der Waals surface area contributed by atoms with E-state index >= 15 is 0 Å². The molecule has 0 saturated heterocycles. The number of rotatable bonds is 7. The van der Waals surface area contributed by atoms with Crippen molar-refractivity contribution in [3.05, 3.63) is 77.6 Å². The number of Topliss-reactive ketones (excluding diaryl/α,β-unsaturated/α-hetero) is 1. The number of halogens is 1. The van der Waals surface area contributed by atoms with Gasteiger partial charge in [-0.05, 0) is 53.6 Å². The molecule has 27 heavy (non-hydrogen) atoms. The number of esters is 1. The van der Waals surface area contributed by atoms with Crippen LogP contribution >= 0.6 is 0 Å². The molecule has 0 amide bonds. The van der Waals surface area contributed by atoms with Crippen LogP contribution in [0.1, 0.15) is 33.6 Å². The molecule has 0 unspecified atom stereocenters. The molecular formula is C22H19FO4. The van der Waals surface area contributed by atoms with Crippen molar-refractivity contribution in [3.8, 4) is 5.75 Å². The number of benzene rings is 3. The van der Waals surface area contributed by atoms with Gasteiger partial charge in [0.15, 0.2) is 5.78 Å². The summed E-state index contributed by atoms with van der Waals surface area (Å²) in [6.45, 7) is 0.113. The van der Waals surface area contributed by atoms with Crippen molar-refractivity contribution in [1.82, 2.24) is 0 Å². The number of hydrogen-bond acceptors (Lipinski definition) is 4. The van der Waals surface area contributed by atoms with Gasteiger partial charge in [-0.25, -0.2) is 9.18 Å². The number of fused-ring (bicyclic) bond motifs is 1. The average Bonchev–Trinajstić information content (AvgIpc) is 2.70. The zero-order chi connectivity index (χ0) is 19.2. The average molecular weight is 366 g/mol. The molecular weight excluding hydrogens is 347 g/mol. The molecule has 0 saturated carbocycles. The van der Waals surface area contributed by atoms with E-state index in [2.05, 4.69) is 0 Å². The first-order valence-corrected chi connectivity index (χ1v) is 8.61. The normalized spacial score (nSPS) is 10.6. The van der Waals surface area contributed by atoms with Gasteiger partial charge in [-0.15, -0.1) is 0 Å². The van der Waals surface area contributed by atoms with Crippen LogP contribution < -0.4 is 4.74 Å². The van der Waals surface area contributed by atoms with Gasteiger partial charge >= 0.3 is 5.97 Å². The van der Waals surface area contributed by atoms with Gasteiger partial charge in [-0.2, -0.15) is 0 Å². The molecule has 3 aromatic rings. The lowest BCUT2D eigenvalue weighted by Crippen LogP contribution is -2.09. The van der Waals surface area contributed by atoms with E-state index in [0.717, 1.165) is 10.8 Å². The summed E-state index contributed by atoms with van der Waals surface area (Å²) in [6, 6.07) is 16.6. The van der Waals surface area contributed by atoms with E-state index in [1.807, 2.05) is 24.3 Å². The summed E-state index contributed by atoms with van der Waals surface area (Å²) in [7, 11) is 1.50. The van der Waals surface area contributed by atoms with Gasteiger partial charge in [0, 0.05) is 12.0 Å². The van der Waals surface area contributed by atoms with Crippen LogP contribution in [-0.2, 0) is 4.74 Å². The van der Waals surface area contributed by atoms with Gasteiger partial charge in [-0.3, -0.25) is 4.79 Å². The number of ether oxygens (including phenoxy) is 2. The summed E-state index contributed by atoms with van der Waals surface area (Å²) in [5.41, 5.74) is 0.792. The van der Waals surface area contributed by atoms with E-state index in [1.54, 1.807) is 12.1 Å². The molecule has 0 aliphatic carbocycles. The Labute approximate surface area is 156 Å². The van der Waals surface area contributed by atoms with Crippen LogP contribution in [0.5, 0.6) is 5.75 Å². The van der Waals surface area contributed by atoms with Gasteiger partial charge in [0.2, 0.25) is 0 Å². The van der Waals surface area contributed by atoms with Crippen LogP contribution in [0.4, 0.5) is 4.39 Å². The molecule has 0 aromatic heterocycles. The van der Waals surface area contributed by atoms with Gasteiger partial charge in [-0.1, -0.05) is 24.3 Å². The van der Waals surface area contributed by atoms with Crippen molar-refractivity contribution in [2.75, 3.05) is 13.7 Å². The number of carbonyl (C=O) groups excluding carboxylic acids is 2. The van der Waals surface area contributed by atoms with E-state index in [-0.39, 0.29) is 24.6 Å². The molecule has 0 atom stereocenters. The largest absolute Gasteiger partial charge is 0.496 e. The molecule has 0 radical (unpaired) electrons. The second-order valence-electron chi connectivity index (χ2n) is 6.07. The van der Waals surface area contributed by atoms with Gasteiger partial charge < -0.3 is 9.47 Å². The fourth-order valence-corrected chi connectivity index (χ4v) is 2.80. The Morgan fingerprint density at radius 2 is 1.63 bits per heavy atom. The molecule has 0 heterocycles. The first kappa shape index (κ1) is 18.6. The maximum Gasteiger partial charge on any atom is 0.341 e. The summed E-state index contributed by atoms with van der Waals surface area (Å²) in [5.74, 6) is -0.549. The highest BCUT2D eigenvalue weighted by Crippen LogP contribution is 2.26. The van der Waals surface area contributed by atoms with E-state index in [4.69, 9.17) is 9.47 Å². The Bertz CT molecular complexity index is 964. The molecule has 5 heteroatoms. The van der Waals surface area contributed by atoms with Crippen LogP contribution in [0, 0.1) is 5.82 Å². The quantitative estimate of drug-likeness (QED) is 0.342. The van der Waals surface area contributed by atoms with Crippen molar-refractivity contribution in [2.24, 2.45) is 0 Å². The standard InChI is InChI=1S/C22H19FO4/c1-26-21-14-17-6-3-2-5-16(17)13-19(21)22(25)27-12-4-7-20(24)15-8-10-18(23)11-9-15/h2-3,5-6,8-11,13-14H,4,7,12H2,1H3. The van der Waals surface area contributed by atoms with E-state index in [1.165, 1.54) is 31.4 Å². The highest BCUT2D eigenvalue weighted by Gasteiger charge is 2.15. The summed E-state index contributed by atoms with van der Waals surface area (Å²) >= 11 is 0. The first-order valence-electron chi connectivity index (χ1n) is 8.61. The van der Waals surface area contributed by atoms with Crippen LogP contribution in [0.25, 0.3) is 10.8 Å². The zero-order valence-corrected chi connectivity index (χ0v) is 14.9. The number of ketones is 1. The predicted molar refractivity (Wildman–Crippen MR) is 101 cm³/mol. The Hall–Kier alpha value is -3.21. The third-order valence-electron chi connectivity index (χ3n) is 4.24.